The number of hydrogen-bond donors (Lipinski definition) is 1. The zero-order chi connectivity index (χ0) is 46.5. The van der Waals surface area contributed by atoms with E-state index in [1.165, 1.54) is 154 Å². The summed E-state index contributed by atoms with van der Waals surface area (Å²) >= 11 is 0. The third-order valence-electron chi connectivity index (χ3n) is 13.0. The number of quaternary nitrogens is 1. The molecule has 0 aliphatic rings. The molecule has 370 valence electrons. The Bertz CT molecular complexity index is 1060. The third kappa shape index (κ3) is 36.6. The van der Waals surface area contributed by atoms with Crippen LogP contribution in [0.2, 0.25) is 0 Å². The molecule has 1 atom stereocenters. The van der Waals surface area contributed by atoms with E-state index in [0.717, 1.165) is 83.5 Å². The van der Waals surface area contributed by atoms with Crippen LogP contribution in [0.1, 0.15) is 290 Å². The molecule has 0 saturated carbocycles. The quantitative estimate of drug-likeness (QED) is 0.0217. The standard InChI is InChI=1S/C57H108NO4P/c1-7-10-13-16-19-22-25-28-30-33-35-38-41-44-47-50-53(59)57(62,54(60)51-48-45-42-39-36-34-31-29-26-23-20-17-14-11-8-2)56(58(4,5)6)63-55(61)52-49-46-43-40-37-32-27-24-21-18-15-12-9-3/h28-31,56,62H,7-27,32-52H2,1-6H3/b30-28-,31-29-. The Labute approximate surface area is 395 Å². The van der Waals surface area contributed by atoms with E-state index in [9.17, 15) is 19.5 Å². The normalized spacial score (nSPS) is 13.1. The van der Waals surface area contributed by atoms with Crippen LogP contribution < -0.4 is 0 Å². The molecule has 0 saturated heterocycles. The van der Waals surface area contributed by atoms with Crippen LogP contribution >= 0.6 is 8.58 Å². The minimum Gasteiger partial charge on any atom is -0.395 e. The van der Waals surface area contributed by atoms with E-state index in [1.807, 2.05) is 21.1 Å². The van der Waals surface area contributed by atoms with Gasteiger partial charge in [0.25, 0.3) is 0 Å². The molecule has 5 nitrogen and oxygen atoms in total. The van der Waals surface area contributed by atoms with Crippen LogP contribution in [-0.4, -0.2) is 59.2 Å². The topological polar surface area (TPSA) is 71.4 Å². The second-order valence-electron chi connectivity index (χ2n) is 20.3. The number of ketones is 2. The molecule has 1 unspecified atom stereocenters. The van der Waals surface area contributed by atoms with Crippen molar-refractivity contribution in [1.82, 2.24) is 0 Å². The summed E-state index contributed by atoms with van der Waals surface area (Å²) in [6.07, 6.45) is 57.0. The first-order valence-electron chi connectivity index (χ1n) is 27.7. The fourth-order valence-corrected chi connectivity index (χ4v) is 10.2. The van der Waals surface area contributed by atoms with Crippen molar-refractivity contribution >= 4 is 25.7 Å². The lowest BCUT2D eigenvalue weighted by molar-refractivity contribution is -0.885. The molecule has 6 heteroatoms. The fourth-order valence-electron chi connectivity index (χ4n) is 8.86. The molecule has 0 spiro atoms. The number of rotatable bonds is 50. The van der Waals surface area contributed by atoms with Crippen molar-refractivity contribution in [2.24, 2.45) is 0 Å². The van der Waals surface area contributed by atoms with Gasteiger partial charge < -0.3 is 23.0 Å². The van der Waals surface area contributed by atoms with Gasteiger partial charge in [0.1, 0.15) is 0 Å². The number of carbonyl (C=O) groups is 3. The van der Waals surface area contributed by atoms with Gasteiger partial charge in [-0.05, 0) is 82.6 Å². The molecule has 0 fully saturated rings. The maximum Gasteiger partial charge on any atom is 0.205 e. The zero-order valence-electron chi connectivity index (χ0n) is 43.2. The van der Waals surface area contributed by atoms with Crippen LogP contribution in [0.25, 0.3) is 0 Å². The maximum atomic E-state index is 14.1. The number of allylic oxidation sites excluding steroid dienone is 4. The summed E-state index contributed by atoms with van der Waals surface area (Å²) in [7, 11) is 6.16. The van der Waals surface area contributed by atoms with Gasteiger partial charge in [-0.1, -0.05) is 225 Å². The molecule has 0 aliphatic heterocycles. The van der Waals surface area contributed by atoms with E-state index in [0.29, 0.717) is 27.8 Å². The van der Waals surface area contributed by atoms with Crippen molar-refractivity contribution in [3.8, 4) is 0 Å². The monoisotopic (exact) mass is 902 g/mol. The number of aliphatic hydroxyl groups is 1. The summed E-state index contributed by atoms with van der Waals surface area (Å²) in [5, 5.41) is 12.4. The number of carbonyl (C=O) groups excluding carboxylic acids is 3. The first-order chi connectivity index (χ1) is 30.5. The summed E-state index contributed by atoms with van der Waals surface area (Å²) in [6, 6.07) is 0. The van der Waals surface area contributed by atoms with E-state index in [4.69, 9.17) is 0 Å². The third-order valence-corrected chi connectivity index (χ3v) is 14.9. The molecule has 0 aromatic heterocycles. The largest absolute Gasteiger partial charge is 0.395 e. The lowest BCUT2D eigenvalue weighted by Crippen LogP contribution is -2.64. The Morgan fingerprint density at radius 1 is 0.397 bits per heavy atom. The van der Waals surface area contributed by atoms with E-state index >= 15 is 0 Å². The smallest absolute Gasteiger partial charge is 0.205 e. The van der Waals surface area contributed by atoms with Crippen LogP contribution in [0.5, 0.6) is 0 Å². The number of nitrogens with zero attached hydrogens (tertiary/aromatic N) is 1. The molecule has 63 heavy (non-hydrogen) atoms. The van der Waals surface area contributed by atoms with Gasteiger partial charge in [-0.25, -0.2) is 0 Å². The summed E-state index contributed by atoms with van der Waals surface area (Å²) in [5.74, 6) is -1.56. The van der Waals surface area contributed by atoms with Gasteiger partial charge >= 0.3 is 0 Å². The highest BCUT2D eigenvalue weighted by molar-refractivity contribution is 7.58. The Morgan fingerprint density at radius 3 is 0.905 bits per heavy atom. The molecular weight excluding hydrogens is 794 g/mol. The Balaban J connectivity index is 5.06. The molecule has 0 aliphatic carbocycles. The molecule has 0 heterocycles. The molecule has 0 amide bonds. The van der Waals surface area contributed by atoms with Crippen LogP contribution in [0.3, 0.4) is 0 Å². The SMILES string of the molecule is CCCCCCCC/C=C\CCCCCCCC(=O)C(O)(C(=O)CCCCCCC/C=C\CCCCCCCC)C([P-]C(=O)CCCCCCCCCCCCCCC)[N+](C)(C)C. The van der Waals surface area contributed by atoms with E-state index in [1.54, 1.807) is 0 Å². The van der Waals surface area contributed by atoms with Crippen molar-refractivity contribution in [1.29, 1.82) is 0 Å². The number of Topliss-reactive ketones (excluding diaryl/α,β-unsaturated/α-hetero) is 2. The predicted octanol–water partition coefficient (Wildman–Crippen LogP) is 17.9. The first kappa shape index (κ1) is 61.8. The van der Waals surface area contributed by atoms with Crippen molar-refractivity contribution in [3.05, 3.63) is 24.3 Å². The maximum absolute atomic E-state index is 14.1. The van der Waals surface area contributed by atoms with Gasteiger partial charge in [0.2, 0.25) is 5.60 Å². The predicted molar refractivity (Wildman–Crippen MR) is 278 cm³/mol. The minimum absolute atomic E-state index is 0.0391. The van der Waals surface area contributed by atoms with E-state index < -0.39 is 11.4 Å². The summed E-state index contributed by atoms with van der Waals surface area (Å²) in [4.78, 5) is 41.8. The molecule has 0 bridgehead atoms. The Morgan fingerprint density at radius 2 is 0.635 bits per heavy atom. The van der Waals surface area contributed by atoms with Gasteiger partial charge in [-0.15, -0.1) is 0 Å². The van der Waals surface area contributed by atoms with Crippen LogP contribution in [0.15, 0.2) is 24.3 Å². The van der Waals surface area contributed by atoms with Gasteiger partial charge in [-0.2, -0.15) is 0 Å². The van der Waals surface area contributed by atoms with Crippen molar-refractivity contribution in [2.45, 2.75) is 302 Å². The summed E-state index contributed by atoms with van der Waals surface area (Å²) in [5.41, 5.74) is -2.11. The Hall–Kier alpha value is -1.16. The molecule has 0 radical (unpaired) electrons. The summed E-state index contributed by atoms with van der Waals surface area (Å²) in [6.45, 7) is 6.80. The zero-order valence-corrected chi connectivity index (χ0v) is 44.0. The minimum atomic E-state index is -2.15. The lowest BCUT2D eigenvalue weighted by Gasteiger charge is -2.50. The van der Waals surface area contributed by atoms with Crippen LogP contribution in [0, 0.1) is 0 Å². The highest BCUT2D eigenvalue weighted by atomic mass is 31.1. The fraction of sp³-hybridized carbons (Fsp3) is 0.877. The van der Waals surface area contributed by atoms with Gasteiger partial charge in [-0.3, -0.25) is 9.59 Å². The number of likely N-dealkylation sites (N-methyl/N-ethyl adjacent to an activating group) is 1. The van der Waals surface area contributed by atoms with E-state index in [-0.39, 0.29) is 34.4 Å². The molecule has 0 aromatic rings. The van der Waals surface area contributed by atoms with Crippen LogP contribution in [0.4, 0.5) is 0 Å². The van der Waals surface area contributed by atoms with Gasteiger partial charge in [0.15, 0.2) is 11.6 Å². The highest BCUT2D eigenvalue weighted by Gasteiger charge is 2.50. The van der Waals surface area contributed by atoms with Crippen LogP contribution in [-0.2, 0) is 14.4 Å². The Kier molecular flexibility index (Phi) is 43.8. The van der Waals surface area contributed by atoms with Crippen molar-refractivity contribution in [3.63, 3.8) is 0 Å². The average molecular weight is 902 g/mol. The number of unbranched alkanes of at least 4 members (excludes halogenated alkanes) is 34. The average Bonchev–Trinajstić information content (AvgIpc) is 3.26. The molecule has 1 N–H and O–H groups in total. The second-order valence-corrected chi connectivity index (χ2v) is 21.5. The summed E-state index contributed by atoms with van der Waals surface area (Å²) < 4.78 is 0.193. The highest BCUT2D eigenvalue weighted by Crippen LogP contribution is 2.39. The van der Waals surface area contributed by atoms with Gasteiger partial charge in [0, 0.05) is 18.6 Å². The second kappa shape index (κ2) is 44.7. The van der Waals surface area contributed by atoms with E-state index in [2.05, 4.69) is 45.1 Å². The van der Waals surface area contributed by atoms with Gasteiger partial charge in [0.05, 0.1) is 21.1 Å². The number of hydrogen-bond acceptors (Lipinski definition) is 4. The lowest BCUT2D eigenvalue weighted by atomic mass is 9.85. The molecule has 0 rings (SSSR count). The van der Waals surface area contributed by atoms with Crippen molar-refractivity contribution < 1.29 is 24.0 Å². The molecule has 0 aromatic carbocycles. The first-order valence-corrected chi connectivity index (χ1v) is 28.7. The van der Waals surface area contributed by atoms with Crippen molar-refractivity contribution in [2.75, 3.05) is 21.1 Å². The molecular formula is C57H108NO4P.